The summed E-state index contributed by atoms with van der Waals surface area (Å²) in [7, 11) is 0. The summed E-state index contributed by atoms with van der Waals surface area (Å²) in [5.41, 5.74) is 7.46. The number of nitrogens with one attached hydrogen (secondary N) is 1. The van der Waals surface area contributed by atoms with Crippen LogP contribution in [0.5, 0.6) is 0 Å². The molecule has 0 bridgehead atoms. The number of halogens is 3. The van der Waals surface area contributed by atoms with Gasteiger partial charge < -0.3 is 20.7 Å². The number of amides is 1. The van der Waals surface area contributed by atoms with Crippen molar-refractivity contribution in [2.75, 3.05) is 56.2 Å². The monoisotopic (exact) mass is 466 g/mol. The van der Waals surface area contributed by atoms with E-state index in [9.17, 15) is 4.79 Å². The van der Waals surface area contributed by atoms with Crippen molar-refractivity contribution in [3.63, 3.8) is 0 Å². The van der Waals surface area contributed by atoms with E-state index in [4.69, 9.17) is 10.5 Å². The van der Waals surface area contributed by atoms with Gasteiger partial charge in [0, 0.05) is 57.3 Å². The number of hydrogen-bond acceptors (Lipinski definition) is 5. The zero-order valence-electron chi connectivity index (χ0n) is 16.7. The summed E-state index contributed by atoms with van der Waals surface area (Å²) in [5, 5.41) is 3.02. The second-order valence-electron chi connectivity index (χ2n) is 8.00. The Labute approximate surface area is 192 Å². The van der Waals surface area contributed by atoms with Gasteiger partial charge in [0.25, 0.3) is 0 Å². The Balaban J connectivity index is 0.00000140. The number of rotatable bonds is 5. The molecule has 3 fully saturated rings. The average Bonchev–Trinajstić information content (AvgIpc) is 3.47. The van der Waals surface area contributed by atoms with Crippen molar-refractivity contribution in [3.8, 4) is 0 Å². The molecule has 4 rings (SSSR count). The predicted octanol–water partition coefficient (Wildman–Crippen LogP) is 2.93. The molecule has 2 aliphatic heterocycles. The smallest absolute Gasteiger partial charge is 0.244 e. The normalized spacial score (nSPS) is 21.2. The van der Waals surface area contributed by atoms with E-state index in [0.717, 1.165) is 37.8 Å². The minimum atomic E-state index is -0.817. The number of nitrogens with two attached hydrogens (primary N) is 1. The van der Waals surface area contributed by atoms with E-state index in [1.165, 1.54) is 25.1 Å². The lowest BCUT2D eigenvalue weighted by Crippen LogP contribution is -2.54. The maximum Gasteiger partial charge on any atom is 0.244 e. The molecule has 0 radical (unpaired) electrons. The number of carbonyl (C=O) groups excluding carboxylic acids is 1. The Morgan fingerprint density at radius 3 is 2.38 bits per heavy atom. The van der Waals surface area contributed by atoms with E-state index in [0.29, 0.717) is 26.1 Å². The van der Waals surface area contributed by atoms with Gasteiger partial charge in [0.1, 0.15) is 5.54 Å². The van der Waals surface area contributed by atoms with Crippen LogP contribution in [-0.2, 0) is 9.53 Å². The van der Waals surface area contributed by atoms with Gasteiger partial charge in [-0.2, -0.15) is 0 Å². The molecular weight excluding hydrogens is 435 g/mol. The standard InChI is InChI=1S/C20H30N4O2.3ClH/c21-20(6-12-26-13-7-20)19(25)22-17-2-1-3-18(14-17)24-10-8-23(9-11-24)15-16-4-5-16;;;/h1-3,14,16H,4-13,15,21H2,(H,22,25);3*1H. The van der Waals surface area contributed by atoms with Crippen molar-refractivity contribution in [2.24, 2.45) is 11.7 Å². The highest BCUT2D eigenvalue weighted by molar-refractivity contribution is 5.98. The molecule has 0 unspecified atom stereocenters. The van der Waals surface area contributed by atoms with Crippen LogP contribution in [-0.4, -0.2) is 62.3 Å². The molecule has 3 N–H and O–H groups in total. The van der Waals surface area contributed by atoms with Gasteiger partial charge >= 0.3 is 0 Å². The first-order valence-corrected chi connectivity index (χ1v) is 9.88. The Morgan fingerprint density at radius 1 is 1.10 bits per heavy atom. The number of nitrogens with zero attached hydrogens (tertiary/aromatic N) is 2. The average molecular weight is 468 g/mol. The number of carbonyl (C=O) groups is 1. The van der Waals surface area contributed by atoms with Gasteiger partial charge in [-0.05, 0) is 49.8 Å². The van der Waals surface area contributed by atoms with Crippen molar-refractivity contribution in [3.05, 3.63) is 24.3 Å². The SMILES string of the molecule is Cl.Cl.Cl.NC1(C(=O)Nc2cccc(N3CCN(CC4CC4)CC3)c2)CCOCC1. The van der Waals surface area contributed by atoms with E-state index < -0.39 is 5.54 Å². The van der Waals surface area contributed by atoms with Crippen molar-refractivity contribution in [1.82, 2.24) is 4.90 Å². The Bertz CT molecular complexity index is 646. The van der Waals surface area contributed by atoms with Crippen LogP contribution in [0.3, 0.4) is 0 Å². The zero-order chi connectivity index (χ0) is 18.0. The predicted molar refractivity (Wildman–Crippen MR) is 125 cm³/mol. The van der Waals surface area contributed by atoms with Gasteiger partial charge in [0.2, 0.25) is 5.91 Å². The molecule has 6 nitrogen and oxygen atoms in total. The minimum absolute atomic E-state index is 0. The van der Waals surface area contributed by atoms with Crippen molar-refractivity contribution < 1.29 is 9.53 Å². The molecule has 2 heterocycles. The van der Waals surface area contributed by atoms with Gasteiger partial charge in [0.15, 0.2) is 0 Å². The maximum absolute atomic E-state index is 12.6. The highest BCUT2D eigenvalue weighted by Gasteiger charge is 2.36. The summed E-state index contributed by atoms with van der Waals surface area (Å²) in [6.07, 6.45) is 3.97. The molecule has 0 atom stereocenters. The van der Waals surface area contributed by atoms with Crippen LogP contribution >= 0.6 is 37.2 Å². The molecule has 0 aromatic heterocycles. The van der Waals surface area contributed by atoms with E-state index in [-0.39, 0.29) is 43.1 Å². The summed E-state index contributed by atoms with van der Waals surface area (Å²) >= 11 is 0. The molecule has 2 saturated heterocycles. The van der Waals surface area contributed by atoms with E-state index in [1.807, 2.05) is 12.1 Å². The van der Waals surface area contributed by atoms with Crippen molar-refractivity contribution in [2.45, 2.75) is 31.2 Å². The topological polar surface area (TPSA) is 70.8 Å². The van der Waals surface area contributed by atoms with Crippen LogP contribution < -0.4 is 16.0 Å². The Morgan fingerprint density at radius 2 is 1.76 bits per heavy atom. The minimum Gasteiger partial charge on any atom is -0.381 e. The van der Waals surface area contributed by atoms with Crippen molar-refractivity contribution >= 4 is 54.5 Å². The molecule has 1 saturated carbocycles. The van der Waals surface area contributed by atoms with Gasteiger partial charge in [-0.15, -0.1) is 37.2 Å². The fraction of sp³-hybridized carbons (Fsp3) is 0.650. The number of anilines is 2. The lowest BCUT2D eigenvalue weighted by Gasteiger charge is -2.36. The van der Waals surface area contributed by atoms with Crippen LogP contribution in [0.1, 0.15) is 25.7 Å². The lowest BCUT2D eigenvalue weighted by molar-refractivity contribution is -0.124. The fourth-order valence-corrected chi connectivity index (χ4v) is 3.85. The van der Waals surface area contributed by atoms with Gasteiger partial charge in [-0.1, -0.05) is 6.07 Å². The quantitative estimate of drug-likeness (QED) is 0.697. The lowest BCUT2D eigenvalue weighted by atomic mass is 9.90. The third kappa shape index (κ3) is 6.88. The van der Waals surface area contributed by atoms with Gasteiger partial charge in [-0.25, -0.2) is 0 Å². The second-order valence-corrected chi connectivity index (χ2v) is 8.00. The molecule has 166 valence electrons. The van der Waals surface area contributed by atoms with Crippen LogP contribution in [0.15, 0.2) is 24.3 Å². The van der Waals surface area contributed by atoms with Gasteiger partial charge in [-0.3, -0.25) is 9.69 Å². The summed E-state index contributed by atoms with van der Waals surface area (Å²) in [6, 6.07) is 8.14. The van der Waals surface area contributed by atoms with Crippen LogP contribution in [0.2, 0.25) is 0 Å². The third-order valence-electron chi connectivity index (χ3n) is 5.89. The molecule has 29 heavy (non-hydrogen) atoms. The molecular formula is C20H33Cl3N4O2. The van der Waals surface area contributed by atoms with Crippen LogP contribution in [0, 0.1) is 5.92 Å². The van der Waals surface area contributed by atoms with Gasteiger partial charge in [0.05, 0.1) is 0 Å². The third-order valence-corrected chi connectivity index (χ3v) is 5.89. The molecule has 1 aromatic carbocycles. The highest BCUT2D eigenvalue weighted by Crippen LogP contribution is 2.30. The molecule has 1 aliphatic carbocycles. The molecule has 9 heteroatoms. The largest absolute Gasteiger partial charge is 0.381 e. The second kappa shape index (κ2) is 11.6. The maximum atomic E-state index is 12.6. The molecule has 1 amide bonds. The van der Waals surface area contributed by atoms with E-state index in [2.05, 4.69) is 27.2 Å². The van der Waals surface area contributed by atoms with E-state index in [1.54, 1.807) is 0 Å². The Hall–Kier alpha value is -0.760. The first kappa shape index (κ1) is 26.3. The fourth-order valence-electron chi connectivity index (χ4n) is 3.85. The Kier molecular flexibility index (Phi) is 10.5. The van der Waals surface area contributed by atoms with Crippen LogP contribution in [0.25, 0.3) is 0 Å². The van der Waals surface area contributed by atoms with Crippen LogP contribution in [0.4, 0.5) is 11.4 Å². The summed E-state index contributed by atoms with van der Waals surface area (Å²) < 4.78 is 5.33. The highest BCUT2D eigenvalue weighted by atomic mass is 35.5. The number of piperazine rings is 1. The van der Waals surface area contributed by atoms with Crippen molar-refractivity contribution in [1.29, 1.82) is 0 Å². The molecule has 0 spiro atoms. The molecule has 1 aromatic rings. The number of benzene rings is 1. The first-order valence-electron chi connectivity index (χ1n) is 9.88. The molecule has 3 aliphatic rings. The summed E-state index contributed by atoms with van der Waals surface area (Å²) in [6.45, 7) is 6.71. The summed E-state index contributed by atoms with van der Waals surface area (Å²) in [4.78, 5) is 17.6. The zero-order valence-corrected chi connectivity index (χ0v) is 19.1. The number of hydrogen-bond donors (Lipinski definition) is 2. The number of ether oxygens (including phenoxy) is 1. The first-order chi connectivity index (χ1) is 12.6. The summed E-state index contributed by atoms with van der Waals surface area (Å²) in [5.74, 6) is 0.848. The van der Waals surface area contributed by atoms with E-state index >= 15 is 0 Å².